The Labute approximate surface area is 874 Å². The first-order valence-electron chi connectivity index (χ1n) is 50.4. The van der Waals surface area contributed by atoms with E-state index < -0.39 is 17.9 Å². The number of nitrogens with zero attached hydrogens (tertiary/aromatic N) is 9. The third-order valence-electron chi connectivity index (χ3n) is 28.9. The van der Waals surface area contributed by atoms with E-state index in [-0.39, 0.29) is 99.8 Å². The quantitative estimate of drug-likeness (QED) is 0.0340. The molecule has 0 bridgehead atoms. The van der Waals surface area contributed by atoms with E-state index in [1.807, 2.05) is 187 Å². The molecule has 30 heteroatoms. The summed E-state index contributed by atoms with van der Waals surface area (Å²) >= 11 is 9.58. The number of halogens is 4. The largest absolute Gasteiger partial charge is 0.586 e. The molecule has 1 amide bonds. The zero-order valence-electron chi connectivity index (χ0n) is 82.7. The van der Waals surface area contributed by atoms with Crippen LogP contribution in [0.5, 0.6) is 17.2 Å². The molecule has 0 spiro atoms. The van der Waals surface area contributed by atoms with Gasteiger partial charge in [-0.05, 0) is 313 Å². The minimum Gasteiger partial charge on any atom is -0.504 e. The molecule has 4 aliphatic carbocycles. The van der Waals surface area contributed by atoms with Crippen LogP contribution in [-0.4, -0.2) is 109 Å². The molecule has 21 rings (SSSR count). The van der Waals surface area contributed by atoms with Gasteiger partial charge in [-0.3, -0.25) is 43.2 Å². The van der Waals surface area contributed by atoms with Gasteiger partial charge in [-0.2, -0.15) is 5.26 Å². The van der Waals surface area contributed by atoms with Crippen LogP contribution in [0.2, 0.25) is 0 Å². The third kappa shape index (κ3) is 23.1. The second-order valence-corrected chi connectivity index (χ2v) is 45.2. The molecule has 8 aromatic carbocycles. The molecule has 16 aromatic rings. The van der Waals surface area contributed by atoms with E-state index >= 15 is 0 Å². The number of benzene rings is 8. The number of hydrogen-bond acceptors (Lipinski definition) is 21. The van der Waals surface area contributed by atoms with Crippen LogP contribution in [0, 0.1) is 61.6 Å². The highest BCUT2D eigenvalue weighted by atomic mass is 79.9. The highest BCUT2D eigenvalue weighted by Gasteiger charge is 2.44. The Morgan fingerprint density at radius 1 is 0.435 bits per heavy atom. The van der Waals surface area contributed by atoms with Crippen LogP contribution in [0.25, 0.3) is 89.7 Å². The van der Waals surface area contributed by atoms with Crippen molar-refractivity contribution < 1.29 is 70.9 Å². The average molecular weight is 2120 g/mol. The minimum atomic E-state index is -3.71. The SMILES string of the molecule is CCC(=O)c1ccc2c(c1)nc(-c1ccc(C#N)cc1)n2[C@H]1CCC[C@@H](CC(=O)c2ccc(C)s2)C1.CCC(=O)c1ccc2c(c1)nc(-c1cccc(F)c1O)n2[C@H]1CCC[C@@H](CC(=O)c2ccc(C)s2)C1.CCC(=O)c1ccc2c(c1)nc(-c1ccccc1C=O)n2[C@H]1CCC[C@@H](CC(=O)c2ccc(Br)s2)C1.CNC(=O)c1ccc2c(c1)nc(-c1ccc3c(c1)OC(F)(F)O3)n2[C@H]1CCC[C@@H](CC(=O)c2ccc(C)s2)C1. The highest BCUT2D eigenvalue weighted by molar-refractivity contribution is 9.11. The smallest absolute Gasteiger partial charge is 0.504 e. The van der Waals surface area contributed by atoms with Crippen molar-refractivity contribution in [2.75, 3.05) is 7.05 Å². The standard InChI is InChI=1S/C30H29N3O2S.C29H27BrN2O3S.C29H27F2N3O4S.C29H29FN2O3S/c1-3-27(34)23-12-13-26-25(17-23)32-30(22-10-8-20(18-31)9-11-22)33(26)24-6-4-5-21(15-24)16-28(35)29-14-7-19(2)36-29;1-2-25(34)19-10-11-24-23(16-19)31-29(22-9-4-3-7-20(22)17-33)32(24)21-8-5-6-18(14-21)15-26(35)27-12-13-28(30)36-27;1-16-6-11-26(39-16)23(35)13-17-4-3-5-20(12-17)34-22-9-7-19(28(36)32-2)14-21(22)33-27(34)18-8-10-24-25(15-18)38-29(30,31)37-24;1-3-25(33)19-11-12-24-23(16-19)31-29(21-8-5-9-22(30)28(21)35)32(24)20-7-4-6-18(14-20)15-26(34)27-13-10-17(2)36-27/h7-14,17,21,24H,3-6,15-16H2,1-2H3;3-4,7,9-13,16-18,21H,2,5-6,8,14-15H2,1H3;6-11,14-15,17,20H,3-5,12-13H2,1-2H3,(H,32,36);5,8-13,16,18,20,35H,3-4,6-7,14-15H2,1-2H3/t21-,24+;18-,21+;17-,20+;18-,20+/m1111/s1. The second kappa shape index (κ2) is 45.4. The number of nitriles is 1. The number of carbonyl (C=O) groups excluding carboxylic acids is 9. The second-order valence-electron chi connectivity index (χ2n) is 38.9. The lowest BCUT2D eigenvalue weighted by atomic mass is 9.82. The molecular formula is C117H112BrF3N10O12S4. The first-order valence-corrected chi connectivity index (χ1v) is 54.5. The van der Waals surface area contributed by atoms with Crippen molar-refractivity contribution >= 4 is 158 Å². The molecule has 754 valence electrons. The Morgan fingerprint density at radius 2 is 0.803 bits per heavy atom. The molecule has 22 nitrogen and oxygen atoms in total. The lowest BCUT2D eigenvalue weighted by molar-refractivity contribution is -0.286. The number of fused-ring (bicyclic) bond motifs is 5. The highest BCUT2D eigenvalue weighted by Crippen LogP contribution is 2.50. The molecule has 147 heavy (non-hydrogen) atoms. The number of amides is 1. The van der Waals surface area contributed by atoms with Crippen LogP contribution >= 0.6 is 61.3 Å². The molecule has 8 aromatic heterocycles. The summed E-state index contributed by atoms with van der Waals surface area (Å²) in [6.45, 7) is 11.6. The zero-order chi connectivity index (χ0) is 103. The number of aryl methyl sites for hydroxylation is 3. The van der Waals surface area contributed by atoms with Gasteiger partial charge in [0.2, 0.25) is 0 Å². The van der Waals surface area contributed by atoms with Gasteiger partial charge in [0.1, 0.15) is 23.3 Å². The van der Waals surface area contributed by atoms with E-state index in [0.717, 1.165) is 203 Å². The van der Waals surface area contributed by atoms with Crippen LogP contribution in [-0.2, 0) is 0 Å². The van der Waals surface area contributed by atoms with Gasteiger partial charge in [0.05, 0.1) is 84.6 Å². The summed E-state index contributed by atoms with van der Waals surface area (Å²) in [4.78, 5) is 139. The van der Waals surface area contributed by atoms with Gasteiger partial charge in [0, 0.05) is 135 Å². The zero-order valence-corrected chi connectivity index (χ0v) is 87.5. The fraction of sp³-hybridized carbons (Fsp3) is 0.333. The van der Waals surface area contributed by atoms with Gasteiger partial charge < -0.3 is 38.2 Å². The molecule has 0 unspecified atom stereocenters. The Bertz CT molecular complexity index is 7780. The normalized spacial score (nSPS) is 18.4. The van der Waals surface area contributed by atoms with Gasteiger partial charge in [-0.25, -0.2) is 24.3 Å². The van der Waals surface area contributed by atoms with Crippen molar-refractivity contribution in [3.05, 3.63) is 283 Å². The molecule has 1 aliphatic heterocycles. The average Bonchev–Trinajstić information content (AvgIpc) is 1.60. The number of imidazole rings is 4. The number of Topliss-reactive ketones (excluding diaryl/α,β-unsaturated/α-hetero) is 7. The molecular weight excluding hydrogens is 2000 g/mol. The number of nitrogens with one attached hydrogen (secondary N) is 1. The van der Waals surface area contributed by atoms with E-state index in [4.69, 9.17) is 24.7 Å². The summed E-state index contributed by atoms with van der Waals surface area (Å²) in [6.07, 6.45) is 15.7. The Balaban J connectivity index is 0.000000128. The summed E-state index contributed by atoms with van der Waals surface area (Å²) in [5.74, 6) is 3.26. The Kier molecular flexibility index (Phi) is 31.9. The molecule has 8 atom stereocenters. The minimum absolute atomic E-state index is 0.0293. The first-order chi connectivity index (χ1) is 71.0. The Hall–Kier alpha value is -13.6. The van der Waals surface area contributed by atoms with Crippen molar-refractivity contribution in [2.45, 2.75) is 220 Å². The molecule has 5 aliphatic rings. The van der Waals surface area contributed by atoms with Crippen LogP contribution in [0.15, 0.2) is 210 Å². The van der Waals surface area contributed by atoms with Crippen LogP contribution in [0.1, 0.15) is 303 Å². The van der Waals surface area contributed by atoms with Gasteiger partial charge in [-0.15, -0.1) is 54.1 Å². The number of phenols is 1. The van der Waals surface area contributed by atoms with E-state index in [9.17, 15) is 66.7 Å². The first kappa shape index (κ1) is 103. The number of ketones is 7. The van der Waals surface area contributed by atoms with Gasteiger partial charge in [0.15, 0.2) is 69.8 Å². The number of aldehydes is 1. The van der Waals surface area contributed by atoms with Crippen LogP contribution in [0.4, 0.5) is 13.2 Å². The molecule has 2 N–H and O–H groups in total. The molecule has 0 saturated heterocycles. The molecule has 9 heterocycles. The Morgan fingerprint density at radius 3 is 1.20 bits per heavy atom. The summed E-state index contributed by atoms with van der Waals surface area (Å²) in [5, 5.41) is 22.4. The third-order valence-corrected chi connectivity index (χ3v) is 33.7. The van der Waals surface area contributed by atoms with Gasteiger partial charge in [0.25, 0.3) is 5.91 Å². The molecule has 4 fully saturated rings. The predicted molar refractivity (Wildman–Crippen MR) is 575 cm³/mol. The maximum Gasteiger partial charge on any atom is 0.586 e. The number of aromatic hydroxyl groups is 1. The topological polar surface area (TPSA) is 299 Å². The molecule has 4 saturated carbocycles. The number of rotatable bonds is 28. The monoisotopic (exact) mass is 2110 g/mol. The van der Waals surface area contributed by atoms with Crippen molar-refractivity contribution in [3.8, 4) is 68.9 Å². The van der Waals surface area contributed by atoms with E-state index in [0.29, 0.717) is 118 Å². The van der Waals surface area contributed by atoms with E-state index in [1.54, 1.807) is 60.8 Å². The van der Waals surface area contributed by atoms with Crippen molar-refractivity contribution in [3.63, 3.8) is 0 Å². The lowest BCUT2D eigenvalue weighted by Crippen LogP contribution is -2.25. The summed E-state index contributed by atoms with van der Waals surface area (Å²) in [7, 11) is 1.57. The maximum absolute atomic E-state index is 14.3. The fourth-order valence-electron chi connectivity index (χ4n) is 21.8. The number of hydrogen-bond donors (Lipinski definition) is 2. The number of aromatic nitrogens is 8. The summed E-state index contributed by atoms with van der Waals surface area (Å²) in [5.41, 5.74) is 12.7. The number of para-hydroxylation sites is 1. The summed E-state index contributed by atoms with van der Waals surface area (Å²) in [6, 6.07) is 64.7. The molecule has 0 radical (unpaired) electrons. The van der Waals surface area contributed by atoms with Crippen molar-refractivity contribution in [2.24, 2.45) is 23.7 Å². The number of alkyl halides is 2. The lowest BCUT2D eigenvalue weighted by Gasteiger charge is -2.31. The number of carbonyl (C=O) groups is 9. The van der Waals surface area contributed by atoms with Gasteiger partial charge in [-0.1, -0.05) is 76.8 Å². The predicted octanol–water partition coefficient (Wildman–Crippen LogP) is 29.8. The van der Waals surface area contributed by atoms with Crippen LogP contribution < -0.4 is 14.8 Å². The fourth-order valence-corrected chi connectivity index (χ4v) is 25.5. The van der Waals surface area contributed by atoms with Gasteiger partial charge >= 0.3 is 6.29 Å². The van der Waals surface area contributed by atoms with Crippen LogP contribution in [0.3, 0.4) is 0 Å². The maximum atomic E-state index is 14.3. The van der Waals surface area contributed by atoms with E-state index in [2.05, 4.69) is 50.3 Å². The van der Waals surface area contributed by atoms with Crippen molar-refractivity contribution in [1.82, 2.24) is 43.5 Å². The number of phenolic OH excluding ortho intramolecular Hbond substituents is 1. The number of ether oxygens (including phenoxy) is 2. The summed E-state index contributed by atoms with van der Waals surface area (Å²) < 4.78 is 60.7. The number of thiophene rings is 4. The van der Waals surface area contributed by atoms with Crippen molar-refractivity contribution in [1.29, 1.82) is 5.26 Å². The van der Waals surface area contributed by atoms with E-state index in [1.165, 1.54) is 52.2 Å².